The standard InChI is InChI=1S/C15H11F3O4/c1-3-4-8-5-10(21-2)6-9-7-11(14(19)20)13(15(16,17)18)22-12(8)9/h5-7,13H,1-2H3,(H,19,20). The van der Waals surface area contributed by atoms with Crippen LogP contribution in [0.1, 0.15) is 18.1 Å². The van der Waals surface area contributed by atoms with Crippen molar-refractivity contribution in [2.24, 2.45) is 0 Å². The molecule has 0 radical (unpaired) electrons. The van der Waals surface area contributed by atoms with Crippen molar-refractivity contribution in [2.45, 2.75) is 19.2 Å². The lowest BCUT2D eigenvalue weighted by Gasteiger charge is -2.28. The third-order valence-corrected chi connectivity index (χ3v) is 2.96. The van der Waals surface area contributed by atoms with E-state index in [1.165, 1.54) is 26.2 Å². The number of hydrogen-bond acceptors (Lipinski definition) is 3. The maximum Gasteiger partial charge on any atom is 0.430 e. The Morgan fingerprint density at radius 2 is 2.09 bits per heavy atom. The van der Waals surface area contributed by atoms with E-state index in [-0.39, 0.29) is 16.9 Å². The maximum absolute atomic E-state index is 13.0. The second-order valence-electron chi connectivity index (χ2n) is 4.41. The average molecular weight is 312 g/mol. The number of benzene rings is 1. The molecule has 0 fully saturated rings. The van der Waals surface area contributed by atoms with E-state index in [1.54, 1.807) is 0 Å². The Morgan fingerprint density at radius 1 is 1.41 bits per heavy atom. The largest absolute Gasteiger partial charge is 0.497 e. The first-order valence-corrected chi connectivity index (χ1v) is 6.11. The van der Waals surface area contributed by atoms with Crippen LogP contribution in [-0.2, 0) is 4.79 Å². The summed E-state index contributed by atoms with van der Waals surface area (Å²) in [7, 11) is 1.38. The van der Waals surface area contributed by atoms with Crippen molar-refractivity contribution in [1.29, 1.82) is 0 Å². The number of ether oxygens (including phenoxy) is 2. The monoisotopic (exact) mass is 312 g/mol. The number of alkyl halides is 3. The van der Waals surface area contributed by atoms with Crippen LogP contribution in [0.5, 0.6) is 11.5 Å². The highest BCUT2D eigenvalue weighted by Gasteiger charge is 2.48. The van der Waals surface area contributed by atoms with E-state index in [2.05, 4.69) is 11.8 Å². The van der Waals surface area contributed by atoms with E-state index >= 15 is 0 Å². The highest BCUT2D eigenvalue weighted by atomic mass is 19.4. The van der Waals surface area contributed by atoms with Crippen molar-refractivity contribution in [1.82, 2.24) is 0 Å². The van der Waals surface area contributed by atoms with Gasteiger partial charge in [0, 0.05) is 5.56 Å². The van der Waals surface area contributed by atoms with Crippen LogP contribution < -0.4 is 9.47 Å². The van der Waals surface area contributed by atoms with Gasteiger partial charge in [-0.1, -0.05) is 5.92 Å². The van der Waals surface area contributed by atoms with Crippen LogP contribution in [0.4, 0.5) is 13.2 Å². The van der Waals surface area contributed by atoms with Gasteiger partial charge in [0.1, 0.15) is 11.5 Å². The van der Waals surface area contributed by atoms with Gasteiger partial charge in [0.15, 0.2) is 0 Å². The van der Waals surface area contributed by atoms with E-state index in [4.69, 9.17) is 14.6 Å². The quantitative estimate of drug-likeness (QED) is 0.853. The fraction of sp³-hybridized carbons (Fsp3) is 0.267. The highest BCUT2D eigenvalue weighted by Crippen LogP contribution is 2.40. The van der Waals surface area contributed by atoms with Gasteiger partial charge in [0.2, 0.25) is 6.10 Å². The van der Waals surface area contributed by atoms with Crippen LogP contribution >= 0.6 is 0 Å². The summed E-state index contributed by atoms with van der Waals surface area (Å²) in [6.45, 7) is 1.52. The van der Waals surface area contributed by atoms with E-state index < -0.39 is 23.8 Å². The second-order valence-corrected chi connectivity index (χ2v) is 4.41. The van der Waals surface area contributed by atoms with Gasteiger partial charge >= 0.3 is 12.1 Å². The fourth-order valence-electron chi connectivity index (χ4n) is 2.05. The number of hydrogen-bond donors (Lipinski definition) is 1. The van der Waals surface area contributed by atoms with Crippen molar-refractivity contribution in [2.75, 3.05) is 7.11 Å². The van der Waals surface area contributed by atoms with Crippen molar-refractivity contribution in [3.8, 4) is 23.3 Å². The molecule has 0 aromatic heterocycles. The zero-order chi connectivity index (χ0) is 16.5. The molecular formula is C15H11F3O4. The SMILES string of the molecule is CC#Cc1cc(OC)cc2c1OC(C(F)(F)F)C(C(=O)O)=C2. The van der Waals surface area contributed by atoms with Crippen LogP contribution in [0.2, 0.25) is 0 Å². The molecule has 1 N–H and O–H groups in total. The molecule has 1 aromatic carbocycles. The maximum atomic E-state index is 13.0. The molecule has 0 saturated heterocycles. The number of fused-ring (bicyclic) bond motifs is 1. The Morgan fingerprint density at radius 3 is 2.59 bits per heavy atom. The molecule has 4 nitrogen and oxygen atoms in total. The predicted octanol–water partition coefficient (Wildman–Crippen LogP) is 2.86. The summed E-state index contributed by atoms with van der Waals surface area (Å²) in [6, 6.07) is 2.83. The summed E-state index contributed by atoms with van der Waals surface area (Å²) >= 11 is 0. The van der Waals surface area contributed by atoms with E-state index in [0.29, 0.717) is 5.75 Å². The molecule has 1 aliphatic heterocycles. The van der Waals surface area contributed by atoms with Gasteiger partial charge in [0.25, 0.3) is 0 Å². The highest BCUT2D eigenvalue weighted by molar-refractivity contribution is 5.95. The number of halogens is 3. The molecule has 1 atom stereocenters. The Bertz CT molecular complexity index is 708. The van der Waals surface area contributed by atoms with Gasteiger partial charge in [-0.15, -0.1) is 5.92 Å². The van der Waals surface area contributed by atoms with Gasteiger partial charge in [-0.3, -0.25) is 0 Å². The normalized spacial score (nSPS) is 16.6. The Hall–Kier alpha value is -2.62. The first-order chi connectivity index (χ1) is 10.3. The Kier molecular flexibility index (Phi) is 4.04. The lowest BCUT2D eigenvalue weighted by Crippen LogP contribution is -2.40. The Balaban J connectivity index is 2.68. The number of rotatable bonds is 2. The van der Waals surface area contributed by atoms with Crippen LogP contribution in [-0.4, -0.2) is 30.5 Å². The Labute approximate surface area is 124 Å². The van der Waals surface area contributed by atoms with Crippen LogP contribution in [0, 0.1) is 11.8 Å². The molecule has 1 unspecified atom stereocenters. The van der Waals surface area contributed by atoms with Gasteiger partial charge in [-0.25, -0.2) is 4.79 Å². The molecule has 0 spiro atoms. The minimum Gasteiger partial charge on any atom is -0.497 e. The molecule has 0 bridgehead atoms. The number of carboxylic acids is 1. The molecule has 7 heteroatoms. The first kappa shape index (κ1) is 15.8. The van der Waals surface area contributed by atoms with E-state index in [0.717, 1.165) is 6.08 Å². The third-order valence-electron chi connectivity index (χ3n) is 2.96. The minimum atomic E-state index is -4.85. The van der Waals surface area contributed by atoms with Crippen molar-refractivity contribution in [3.05, 3.63) is 28.8 Å². The van der Waals surface area contributed by atoms with Crippen molar-refractivity contribution < 1.29 is 32.5 Å². The van der Waals surface area contributed by atoms with Crippen molar-refractivity contribution in [3.63, 3.8) is 0 Å². The second kappa shape index (κ2) is 5.64. The first-order valence-electron chi connectivity index (χ1n) is 6.11. The lowest BCUT2D eigenvalue weighted by atomic mass is 9.98. The molecular weight excluding hydrogens is 301 g/mol. The number of methoxy groups -OCH3 is 1. The smallest absolute Gasteiger partial charge is 0.430 e. The van der Waals surface area contributed by atoms with Crippen LogP contribution in [0.3, 0.4) is 0 Å². The van der Waals surface area contributed by atoms with Gasteiger partial charge in [-0.2, -0.15) is 13.2 Å². The van der Waals surface area contributed by atoms with Gasteiger partial charge < -0.3 is 14.6 Å². The number of aliphatic carboxylic acids is 1. The van der Waals surface area contributed by atoms with Crippen molar-refractivity contribution >= 4 is 12.0 Å². The summed E-state index contributed by atoms with van der Waals surface area (Å²) in [5, 5.41) is 8.99. The molecule has 0 saturated carbocycles. The molecule has 1 aliphatic rings. The predicted molar refractivity (Wildman–Crippen MR) is 71.6 cm³/mol. The van der Waals surface area contributed by atoms with E-state index in [9.17, 15) is 18.0 Å². The van der Waals surface area contributed by atoms with Crippen LogP contribution in [0.25, 0.3) is 6.08 Å². The minimum absolute atomic E-state index is 0.109. The van der Waals surface area contributed by atoms with E-state index in [1.807, 2.05) is 0 Å². The zero-order valence-electron chi connectivity index (χ0n) is 11.6. The van der Waals surface area contributed by atoms with Gasteiger partial charge in [0.05, 0.1) is 18.2 Å². The zero-order valence-corrected chi connectivity index (χ0v) is 11.6. The molecule has 22 heavy (non-hydrogen) atoms. The molecule has 1 heterocycles. The summed E-state index contributed by atoms with van der Waals surface area (Å²) in [5.74, 6) is 3.73. The molecule has 1 aromatic rings. The topological polar surface area (TPSA) is 55.8 Å². The summed E-state index contributed by atoms with van der Waals surface area (Å²) in [5.41, 5.74) is -0.509. The molecule has 116 valence electrons. The molecule has 0 aliphatic carbocycles. The molecule has 2 rings (SSSR count). The lowest BCUT2D eigenvalue weighted by molar-refractivity contribution is -0.187. The van der Waals surface area contributed by atoms with Gasteiger partial charge in [-0.05, 0) is 25.1 Å². The summed E-state index contributed by atoms with van der Waals surface area (Å²) in [6.07, 6.45) is -6.45. The van der Waals surface area contributed by atoms with Crippen LogP contribution in [0.15, 0.2) is 17.7 Å². The average Bonchev–Trinajstić information content (AvgIpc) is 2.44. The third kappa shape index (κ3) is 2.86. The number of carbonyl (C=O) groups is 1. The fourth-order valence-corrected chi connectivity index (χ4v) is 2.05. The molecule has 0 amide bonds. The number of carboxylic acid groups (broad SMARTS) is 1. The summed E-state index contributed by atoms with van der Waals surface area (Å²) < 4.78 is 49.0. The summed E-state index contributed by atoms with van der Waals surface area (Å²) in [4.78, 5) is 11.1.